The van der Waals surface area contributed by atoms with Gasteiger partial charge in [-0.25, -0.2) is 9.66 Å². The average Bonchev–Trinajstić information content (AvgIpc) is 2.63. The standard InChI is InChI=1S/C21H20F3N3O3/c1-13(2)10-18-25-17-9-4-3-8-16(17)20(29)27(18)26-19(28)12-14-6-5-7-15(11-14)30-21(22,23)24/h3-9,11,13H,10,12H2,1-2H3,(H,26,28). The number of fused-ring (bicyclic) bond motifs is 1. The van der Waals surface area contributed by atoms with Gasteiger partial charge in [-0.3, -0.25) is 15.0 Å². The Hall–Kier alpha value is -3.36. The van der Waals surface area contributed by atoms with Gasteiger partial charge in [-0.1, -0.05) is 38.1 Å². The monoisotopic (exact) mass is 419 g/mol. The topological polar surface area (TPSA) is 73.2 Å². The fourth-order valence-corrected chi connectivity index (χ4v) is 3.00. The summed E-state index contributed by atoms with van der Waals surface area (Å²) in [5, 5.41) is 0.353. The number of nitrogens with zero attached hydrogens (tertiary/aromatic N) is 2. The normalized spacial score (nSPS) is 11.7. The molecule has 0 aliphatic heterocycles. The Labute approximate surface area is 170 Å². The highest BCUT2D eigenvalue weighted by Gasteiger charge is 2.31. The zero-order chi connectivity index (χ0) is 21.9. The number of aromatic nitrogens is 2. The van der Waals surface area contributed by atoms with Gasteiger partial charge in [0.05, 0.1) is 17.3 Å². The SMILES string of the molecule is CC(C)Cc1nc2ccccc2c(=O)n1NC(=O)Cc1cccc(OC(F)(F)F)c1. The summed E-state index contributed by atoms with van der Waals surface area (Å²) in [5.74, 6) is -0.408. The second-order valence-corrected chi connectivity index (χ2v) is 7.19. The summed E-state index contributed by atoms with van der Waals surface area (Å²) in [5.41, 5.74) is 2.95. The van der Waals surface area contributed by atoms with Crippen LogP contribution in [0.2, 0.25) is 0 Å². The molecule has 0 saturated carbocycles. The van der Waals surface area contributed by atoms with Crippen LogP contribution in [0.15, 0.2) is 53.3 Å². The van der Waals surface area contributed by atoms with Crippen molar-refractivity contribution in [3.63, 3.8) is 0 Å². The van der Waals surface area contributed by atoms with Crippen molar-refractivity contribution in [2.75, 3.05) is 5.43 Å². The molecule has 0 atom stereocenters. The van der Waals surface area contributed by atoms with E-state index in [0.29, 0.717) is 28.7 Å². The largest absolute Gasteiger partial charge is 0.573 e. The van der Waals surface area contributed by atoms with E-state index < -0.39 is 23.6 Å². The Morgan fingerprint density at radius 2 is 1.90 bits per heavy atom. The molecule has 1 aromatic heterocycles. The van der Waals surface area contributed by atoms with Gasteiger partial charge < -0.3 is 4.74 Å². The number of halogens is 3. The highest BCUT2D eigenvalue weighted by atomic mass is 19.4. The molecule has 3 rings (SSSR count). The van der Waals surface area contributed by atoms with Crippen LogP contribution in [0.25, 0.3) is 10.9 Å². The number of amides is 1. The molecule has 0 aliphatic rings. The average molecular weight is 419 g/mol. The zero-order valence-corrected chi connectivity index (χ0v) is 16.4. The molecule has 0 fully saturated rings. The number of rotatable bonds is 6. The number of hydrogen-bond acceptors (Lipinski definition) is 4. The van der Waals surface area contributed by atoms with Gasteiger partial charge in [-0.15, -0.1) is 13.2 Å². The fraction of sp³-hybridized carbons (Fsp3) is 0.286. The Bertz CT molecular complexity index is 1120. The molecule has 30 heavy (non-hydrogen) atoms. The molecular formula is C21H20F3N3O3. The number of carbonyl (C=O) groups excluding carboxylic acids is 1. The lowest BCUT2D eigenvalue weighted by molar-refractivity contribution is -0.274. The van der Waals surface area contributed by atoms with Crippen LogP contribution in [0.5, 0.6) is 5.75 Å². The molecule has 0 saturated heterocycles. The third-order valence-corrected chi connectivity index (χ3v) is 4.17. The molecule has 1 heterocycles. The summed E-state index contributed by atoms with van der Waals surface area (Å²) in [6.07, 6.45) is -4.61. The van der Waals surface area contributed by atoms with E-state index in [1.807, 2.05) is 13.8 Å². The van der Waals surface area contributed by atoms with Gasteiger partial charge in [-0.05, 0) is 35.7 Å². The maximum atomic E-state index is 12.9. The lowest BCUT2D eigenvalue weighted by Gasteiger charge is -2.16. The molecule has 0 unspecified atom stereocenters. The summed E-state index contributed by atoms with van der Waals surface area (Å²) in [6, 6.07) is 11.9. The van der Waals surface area contributed by atoms with Crippen LogP contribution >= 0.6 is 0 Å². The van der Waals surface area contributed by atoms with Crippen molar-refractivity contribution in [2.45, 2.75) is 33.1 Å². The predicted octanol–water partition coefficient (Wildman–Crippen LogP) is 3.81. The highest BCUT2D eigenvalue weighted by Crippen LogP contribution is 2.23. The van der Waals surface area contributed by atoms with Crippen LogP contribution in [0, 0.1) is 5.92 Å². The molecule has 0 bridgehead atoms. The van der Waals surface area contributed by atoms with Gasteiger partial charge in [0.25, 0.3) is 5.56 Å². The van der Waals surface area contributed by atoms with Gasteiger partial charge >= 0.3 is 6.36 Å². The second kappa shape index (κ2) is 8.56. The summed E-state index contributed by atoms with van der Waals surface area (Å²) < 4.78 is 42.2. The van der Waals surface area contributed by atoms with Crippen molar-refractivity contribution in [2.24, 2.45) is 5.92 Å². The first kappa shape index (κ1) is 21.4. The molecule has 1 amide bonds. The Kier molecular flexibility index (Phi) is 6.09. The Morgan fingerprint density at radius 3 is 2.60 bits per heavy atom. The molecule has 0 radical (unpaired) electrons. The molecule has 1 N–H and O–H groups in total. The summed E-state index contributed by atoms with van der Waals surface area (Å²) in [4.78, 5) is 29.9. The highest BCUT2D eigenvalue weighted by molar-refractivity contribution is 5.86. The molecule has 0 spiro atoms. The van der Waals surface area contributed by atoms with Crippen LogP contribution in [-0.4, -0.2) is 21.9 Å². The first-order valence-electron chi connectivity index (χ1n) is 9.27. The minimum atomic E-state index is -4.82. The molecule has 3 aromatic rings. The molecule has 6 nitrogen and oxygen atoms in total. The number of nitrogens with one attached hydrogen (secondary N) is 1. The quantitative estimate of drug-likeness (QED) is 0.660. The van der Waals surface area contributed by atoms with Crippen molar-refractivity contribution < 1.29 is 22.7 Å². The lowest BCUT2D eigenvalue weighted by atomic mass is 10.1. The van der Waals surface area contributed by atoms with E-state index in [9.17, 15) is 22.8 Å². The molecule has 0 aliphatic carbocycles. The van der Waals surface area contributed by atoms with Gasteiger partial charge in [0.15, 0.2) is 0 Å². The number of hydrogen-bond donors (Lipinski definition) is 1. The Balaban J connectivity index is 1.87. The van der Waals surface area contributed by atoms with E-state index in [0.717, 1.165) is 16.8 Å². The van der Waals surface area contributed by atoms with Crippen LogP contribution in [-0.2, 0) is 17.6 Å². The van der Waals surface area contributed by atoms with E-state index in [1.54, 1.807) is 24.3 Å². The van der Waals surface area contributed by atoms with Gasteiger partial charge in [0, 0.05) is 6.42 Å². The first-order chi connectivity index (χ1) is 14.1. The fourth-order valence-electron chi connectivity index (χ4n) is 3.00. The number of para-hydroxylation sites is 1. The van der Waals surface area contributed by atoms with Crippen LogP contribution in [0.1, 0.15) is 25.2 Å². The van der Waals surface area contributed by atoms with Crippen molar-refractivity contribution in [1.82, 2.24) is 9.66 Å². The number of carbonyl (C=O) groups is 1. The molecular weight excluding hydrogens is 399 g/mol. The summed E-state index contributed by atoms with van der Waals surface area (Å²) in [7, 11) is 0. The predicted molar refractivity (Wildman–Crippen MR) is 106 cm³/mol. The van der Waals surface area contributed by atoms with Crippen molar-refractivity contribution in [1.29, 1.82) is 0 Å². The van der Waals surface area contributed by atoms with Crippen LogP contribution < -0.4 is 15.7 Å². The van der Waals surface area contributed by atoms with E-state index in [2.05, 4.69) is 15.1 Å². The smallest absolute Gasteiger partial charge is 0.406 e. The van der Waals surface area contributed by atoms with Crippen LogP contribution in [0.4, 0.5) is 13.2 Å². The van der Waals surface area contributed by atoms with E-state index in [1.165, 1.54) is 12.1 Å². The number of ether oxygens (including phenoxy) is 1. The van der Waals surface area contributed by atoms with E-state index in [-0.39, 0.29) is 12.3 Å². The van der Waals surface area contributed by atoms with E-state index in [4.69, 9.17) is 0 Å². The summed E-state index contributed by atoms with van der Waals surface area (Å²) >= 11 is 0. The number of alkyl halides is 3. The van der Waals surface area contributed by atoms with Gasteiger partial charge in [-0.2, -0.15) is 0 Å². The van der Waals surface area contributed by atoms with Crippen molar-refractivity contribution in [3.05, 3.63) is 70.3 Å². The third kappa shape index (κ3) is 5.37. The maximum absolute atomic E-state index is 12.9. The minimum Gasteiger partial charge on any atom is -0.406 e. The first-order valence-corrected chi connectivity index (χ1v) is 9.27. The minimum absolute atomic E-state index is 0.178. The zero-order valence-electron chi connectivity index (χ0n) is 16.4. The lowest BCUT2D eigenvalue weighted by Crippen LogP contribution is -2.37. The van der Waals surface area contributed by atoms with Gasteiger partial charge in [0.2, 0.25) is 5.91 Å². The number of benzene rings is 2. The summed E-state index contributed by atoms with van der Waals surface area (Å²) in [6.45, 7) is 3.92. The molecule has 2 aromatic carbocycles. The maximum Gasteiger partial charge on any atom is 0.573 e. The Morgan fingerprint density at radius 1 is 1.17 bits per heavy atom. The van der Waals surface area contributed by atoms with Crippen molar-refractivity contribution >= 4 is 16.8 Å². The molecule has 158 valence electrons. The van der Waals surface area contributed by atoms with Crippen LogP contribution in [0.3, 0.4) is 0 Å². The van der Waals surface area contributed by atoms with Gasteiger partial charge in [0.1, 0.15) is 11.6 Å². The molecule has 9 heteroatoms. The van der Waals surface area contributed by atoms with Crippen molar-refractivity contribution in [3.8, 4) is 5.75 Å². The second-order valence-electron chi connectivity index (χ2n) is 7.19. The third-order valence-electron chi connectivity index (χ3n) is 4.17. The van der Waals surface area contributed by atoms with E-state index >= 15 is 0 Å².